The van der Waals surface area contributed by atoms with Gasteiger partial charge in [-0.3, -0.25) is 9.59 Å². The molecule has 4 rings (SSSR count). The lowest BCUT2D eigenvalue weighted by Gasteiger charge is -2.32. The van der Waals surface area contributed by atoms with E-state index in [0.717, 1.165) is 10.6 Å². The van der Waals surface area contributed by atoms with Crippen molar-refractivity contribution in [3.63, 3.8) is 0 Å². The quantitative estimate of drug-likeness (QED) is 0.734. The number of hydrogen-bond donors (Lipinski definition) is 1. The number of hydrogen-bond acceptors (Lipinski definition) is 5. The van der Waals surface area contributed by atoms with Crippen LogP contribution in [0.5, 0.6) is 0 Å². The number of carbonyl (C=O) groups excluding carboxylic acids is 1. The molecule has 1 atom stereocenters. The molecule has 0 saturated carbocycles. The SMILES string of the molecule is O=C(O)CC1Sc2ccccc2N(Cc2nc3cccc(F)c3s2)C1=O. The third kappa shape index (κ3) is 3.06. The molecule has 0 radical (unpaired) electrons. The number of aromatic nitrogens is 1. The highest BCUT2D eigenvalue weighted by molar-refractivity contribution is 8.01. The monoisotopic (exact) mass is 388 g/mol. The minimum Gasteiger partial charge on any atom is -0.481 e. The van der Waals surface area contributed by atoms with Crippen molar-refractivity contribution in [2.45, 2.75) is 23.1 Å². The van der Waals surface area contributed by atoms with Crippen LogP contribution in [-0.2, 0) is 16.1 Å². The van der Waals surface area contributed by atoms with Crippen molar-refractivity contribution in [2.75, 3.05) is 4.90 Å². The third-order valence-corrected chi connectivity index (χ3v) is 6.35. The van der Waals surface area contributed by atoms with Crippen molar-refractivity contribution in [2.24, 2.45) is 0 Å². The molecule has 0 bridgehead atoms. The van der Waals surface area contributed by atoms with Gasteiger partial charge in [0.05, 0.1) is 34.1 Å². The molecule has 0 spiro atoms. The van der Waals surface area contributed by atoms with Gasteiger partial charge in [-0.1, -0.05) is 18.2 Å². The molecule has 2 heterocycles. The number of amides is 1. The summed E-state index contributed by atoms with van der Waals surface area (Å²) in [5.41, 5.74) is 1.28. The first-order chi connectivity index (χ1) is 12.5. The van der Waals surface area contributed by atoms with Crippen LogP contribution in [0.25, 0.3) is 10.2 Å². The van der Waals surface area contributed by atoms with Gasteiger partial charge in [0.25, 0.3) is 0 Å². The second kappa shape index (κ2) is 6.69. The Kier molecular flexibility index (Phi) is 4.37. The lowest BCUT2D eigenvalue weighted by Crippen LogP contribution is -2.41. The smallest absolute Gasteiger partial charge is 0.305 e. The van der Waals surface area contributed by atoms with Crippen LogP contribution in [0.4, 0.5) is 10.1 Å². The van der Waals surface area contributed by atoms with Gasteiger partial charge in [0, 0.05) is 4.90 Å². The van der Waals surface area contributed by atoms with Gasteiger partial charge in [-0.2, -0.15) is 0 Å². The number of thioether (sulfide) groups is 1. The predicted molar refractivity (Wildman–Crippen MR) is 99.1 cm³/mol. The molecular weight excluding hydrogens is 375 g/mol. The van der Waals surface area contributed by atoms with Gasteiger partial charge in [-0.25, -0.2) is 9.37 Å². The van der Waals surface area contributed by atoms with Crippen LogP contribution >= 0.6 is 23.1 Å². The minimum atomic E-state index is -1.02. The van der Waals surface area contributed by atoms with E-state index in [9.17, 15) is 14.0 Å². The van der Waals surface area contributed by atoms with Gasteiger partial charge >= 0.3 is 5.97 Å². The molecule has 0 aliphatic carbocycles. The zero-order valence-electron chi connectivity index (χ0n) is 13.4. The van der Waals surface area contributed by atoms with Crippen molar-refractivity contribution < 1.29 is 19.1 Å². The molecule has 1 unspecified atom stereocenters. The van der Waals surface area contributed by atoms with Crippen molar-refractivity contribution in [1.29, 1.82) is 0 Å². The number of carboxylic acid groups (broad SMARTS) is 1. The highest BCUT2D eigenvalue weighted by atomic mass is 32.2. The van der Waals surface area contributed by atoms with E-state index in [4.69, 9.17) is 5.11 Å². The predicted octanol–water partition coefficient (Wildman–Crippen LogP) is 3.92. The largest absolute Gasteiger partial charge is 0.481 e. The van der Waals surface area contributed by atoms with Crippen molar-refractivity contribution in [3.05, 3.63) is 53.3 Å². The Bertz CT molecular complexity index is 1020. The maximum atomic E-state index is 13.9. The summed E-state index contributed by atoms with van der Waals surface area (Å²) in [7, 11) is 0. The summed E-state index contributed by atoms with van der Waals surface area (Å²) < 4.78 is 14.4. The van der Waals surface area contributed by atoms with Gasteiger partial charge in [0.15, 0.2) is 0 Å². The van der Waals surface area contributed by atoms with Gasteiger partial charge in [0.1, 0.15) is 10.8 Å². The summed E-state index contributed by atoms with van der Waals surface area (Å²) in [6.45, 7) is 0.186. The fraction of sp³-hybridized carbons (Fsp3) is 0.167. The highest BCUT2D eigenvalue weighted by Crippen LogP contribution is 2.41. The van der Waals surface area contributed by atoms with Crippen LogP contribution in [0.15, 0.2) is 47.4 Å². The number of para-hydroxylation sites is 1. The summed E-state index contributed by atoms with van der Waals surface area (Å²) in [5, 5.41) is 9.02. The maximum Gasteiger partial charge on any atom is 0.305 e. The van der Waals surface area contributed by atoms with Crippen LogP contribution in [0.3, 0.4) is 0 Å². The average molecular weight is 388 g/mol. The number of aliphatic carboxylic acids is 1. The van der Waals surface area contributed by atoms with E-state index >= 15 is 0 Å². The molecule has 0 saturated heterocycles. The first-order valence-electron chi connectivity index (χ1n) is 7.85. The maximum absolute atomic E-state index is 13.9. The first kappa shape index (κ1) is 17.0. The third-order valence-electron chi connectivity index (χ3n) is 4.03. The summed E-state index contributed by atoms with van der Waals surface area (Å²) in [6, 6.07) is 12.1. The molecule has 26 heavy (non-hydrogen) atoms. The number of anilines is 1. The van der Waals surface area contributed by atoms with Gasteiger partial charge in [-0.05, 0) is 24.3 Å². The van der Waals surface area contributed by atoms with Gasteiger partial charge in [-0.15, -0.1) is 23.1 Å². The molecule has 5 nitrogen and oxygen atoms in total. The minimum absolute atomic E-state index is 0.186. The van der Waals surface area contributed by atoms with Crippen LogP contribution in [0.1, 0.15) is 11.4 Å². The number of thiazole rings is 1. The average Bonchev–Trinajstić information content (AvgIpc) is 3.02. The number of fused-ring (bicyclic) bond motifs is 2. The fourth-order valence-corrected chi connectivity index (χ4v) is 5.06. The van der Waals surface area contributed by atoms with Crippen LogP contribution in [0.2, 0.25) is 0 Å². The van der Waals surface area contributed by atoms with Crippen molar-refractivity contribution >= 4 is 50.9 Å². The van der Waals surface area contributed by atoms with E-state index in [1.807, 2.05) is 24.3 Å². The van der Waals surface area contributed by atoms with Crippen molar-refractivity contribution in [3.8, 4) is 0 Å². The first-order valence-corrected chi connectivity index (χ1v) is 9.55. The van der Waals surface area contributed by atoms with Crippen LogP contribution in [0, 0.1) is 5.82 Å². The molecule has 1 amide bonds. The van der Waals surface area contributed by atoms with E-state index in [2.05, 4.69) is 4.98 Å². The molecule has 3 aromatic rings. The lowest BCUT2D eigenvalue weighted by atomic mass is 10.2. The molecule has 0 fully saturated rings. The summed E-state index contributed by atoms with van der Waals surface area (Å²) in [4.78, 5) is 30.8. The fourth-order valence-electron chi connectivity index (χ4n) is 2.89. The zero-order chi connectivity index (χ0) is 18.3. The highest BCUT2D eigenvalue weighted by Gasteiger charge is 2.35. The Morgan fingerprint density at radius 1 is 1.23 bits per heavy atom. The molecule has 1 aliphatic rings. The summed E-state index contributed by atoms with van der Waals surface area (Å²) >= 11 is 2.47. The standard InChI is InChI=1S/C18H13FN2O3S2/c19-10-4-3-5-11-17(10)26-15(20-11)9-21-12-6-1-2-7-13(12)25-14(18(21)24)8-16(22)23/h1-7,14H,8-9H2,(H,22,23). The van der Waals surface area contributed by atoms with Gasteiger partial charge in [0.2, 0.25) is 5.91 Å². The van der Waals surface area contributed by atoms with Gasteiger partial charge < -0.3 is 10.0 Å². The molecule has 8 heteroatoms. The number of halogens is 1. The summed E-state index contributed by atoms with van der Waals surface area (Å²) in [5.74, 6) is -1.62. The normalized spacial score (nSPS) is 16.7. The number of nitrogens with zero attached hydrogens (tertiary/aromatic N) is 2. The topological polar surface area (TPSA) is 70.5 Å². The Hall–Kier alpha value is -2.45. The number of benzene rings is 2. The number of carboxylic acids is 1. The number of carbonyl (C=O) groups is 2. The molecule has 1 aromatic heterocycles. The molecule has 1 aliphatic heterocycles. The van der Waals surface area contributed by atoms with Crippen LogP contribution < -0.4 is 4.90 Å². The van der Waals surface area contributed by atoms with E-state index in [-0.39, 0.29) is 24.7 Å². The van der Waals surface area contributed by atoms with E-state index in [0.29, 0.717) is 15.2 Å². The van der Waals surface area contributed by atoms with E-state index in [1.165, 1.54) is 29.2 Å². The van der Waals surface area contributed by atoms with Crippen molar-refractivity contribution in [1.82, 2.24) is 4.98 Å². The molecule has 2 aromatic carbocycles. The Balaban J connectivity index is 1.71. The Labute approximate surface area is 156 Å². The number of rotatable bonds is 4. The molecule has 1 N–H and O–H groups in total. The second-order valence-corrected chi connectivity index (χ2v) is 8.12. The van der Waals surface area contributed by atoms with E-state index < -0.39 is 11.2 Å². The lowest BCUT2D eigenvalue weighted by molar-refractivity contribution is -0.138. The van der Waals surface area contributed by atoms with Crippen LogP contribution in [-0.4, -0.2) is 27.2 Å². The Morgan fingerprint density at radius 2 is 2.04 bits per heavy atom. The second-order valence-electron chi connectivity index (χ2n) is 5.79. The summed E-state index contributed by atoms with van der Waals surface area (Å²) in [6.07, 6.45) is -0.247. The Morgan fingerprint density at radius 3 is 2.81 bits per heavy atom. The molecule has 132 valence electrons. The van der Waals surface area contributed by atoms with E-state index in [1.54, 1.807) is 17.0 Å². The molecular formula is C18H13FN2O3S2. The zero-order valence-corrected chi connectivity index (χ0v) is 15.0.